The molecule has 0 spiro atoms. The van der Waals surface area contributed by atoms with Crippen molar-refractivity contribution in [2.45, 2.75) is 13.0 Å². The highest BCUT2D eigenvalue weighted by Gasteiger charge is 2.23. The number of halogens is 1. The number of hydrogen-bond acceptors (Lipinski definition) is 6. The van der Waals surface area contributed by atoms with Gasteiger partial charge in [-0.3, -0.25) is 19.1 Å². The van der Waals surface area contributed by atoms with E-state index in [1.807, 2.05) is 0 Å². The molecule has 164 valence electrons. The number of pyridine rings is 2. The normalized spacial score (nSPS) is 11.1. The molecule has 0 bridgehead atoms. The van der Waals surface area contributed by atoms with E-state index in [2.05, 4.69) is 20.3 Å². The van der Waals surface area contributed by atoms with Crippen molar-refractivity contribution in [1.82, 2.24) is 24.8 Å². The Morgan fingerprint density at radius 1 is 1.19 bits per heavy atom. The lowest BCUT2D eigenvalue weighted by molar-refractivity contribution is 0.0940. The fraction of sp³-hybridized carbons (Fsp3) is 0.182. The summed E-state index contributed by atoms with van der Waals surface area (Å²) in [6.45, 7) is -0.314. The Balaban J connectivity index is 1.85. The average molecular weight is 437 g/mol. The van der Waals surface area contributed by atoms with E-state index in [1.165, 1.54) is 29.2 Å². The van der Waals surface area contributed by atoms with Gasteiger partial charge in [-0.25, -0.2) is 9.37 Å². The molecule has 0 saturated heterocycles. The van der Waals surface area contributed by atoms with E-state index in [4.69, 9.17) is 5.11 Å². The molecule has 4 rings (SSSR count). The zero-order valence-electron chi connectivity index (χ0n) is 16.9. The molecule has 1 aromatic carbocycles. The van der Waals surface area contributed by atoms with Gasteiger partial charge in [0.05, 0.1) is 30.7 Å². The molecule has 0 fully saturated rings. The molecule has 3 heterocycles. The molecule has 0 atom stereocenters. The van der Waals surface area contributed by atoms with Crippen molar-refractivity contribution in [2.24, 2.45) is 0 Å². The molecule has 9 nitrogen and oxygen atoms in total. The van der Waals surface area contributed by atoms with Crippen molar-refractivity contribution in [3.63, 3.8) is 0 Å². The molecule has 0 unspecified atom stereocenters. The maximum Gasteiger partial charge on any atom is 0.268 e. The van der Waals surface area contributed by atoms with E-state index in [9.17, 15) is 19.1 Å². The molecule has 0 aliphatic carbocycles. The number of carbonyl (C=O) groups excluding carboxylic acids is 1. The third kappa shape index (κ3) is 4.21. The van der Waals surface area contributed by atoms with E-state index in [1.54, 1.807) is 24.4 Å². The van der Waals surface area contributed by atoms with Crippen LogP contribution in [-0.4, -0.2) is 48.8 Å². The third-order valence-corrected chi connectivity index (χ3v) is 4.96. The molecule has 0 radical (unpaired) electrons. The number of carbonyl (C=O) groups is 1. The summed E-state index contributed by atoms with van der Waals surface area (Å²) in [6, 6.07) is 7.74. The summed E-state index contributed by atoms with van der Waals surface area (Å²) in [5.74, 6) is -1.68. The van der Waals surface area contributed by atoms with Crippen LogP contribution in [-0.2, 0) is 13.0 Å². The highest BCUT2D eigenvalue weighted by molar-refractivity contribution is 6.01. The summed E-state index contributed by atoms with van der Waals surface area (Å²) in [5, 5.41) is 22.0. The number of H-pyrrole nitrogens is 1. The molecule has 0 aliphatic heterocycles. The maximum atomic E-state index is 13.2. The minimum atomic E-state index is -0.806. The Bertz CT molecular complexity index is 1320. The Labute approximate surface area is 181 Å². The van der Waals surface area contributed by atoms with Gasteiger partial charge < -0.3 is 20.5 Å². The summed E-state index contributed by atoms with van der Waals surface area (Å²) >= 11 is 0. The SMILES string of the molecule is O=C(NCCO)c1c(O)c2ncc(Cc3ccc(F)cc3)cc2n(Cc2cnc[nH]2)c1=O. The van der Waals surface area contributed by atoms with Gasteiger partial charge in [0.1, 0.15) is 16.9 Å². The van der Waals surface area contributed by atoms with E-state index in [0.29, 0.717) is 17.6 Å². The van der Waals surface area contributed by atoms with Gasteiger partial charge in [0.15, 0.2) is 5.75 Å². The predicted octanol–water partition coefficient (Wildman–Crippen LogP) is 1.33. The fourth-order valence-electron chi connectivity index (χ4n) is 3.44. The summed E-state index contributed by atoms with van der Waals surface area (Å²) < 4.78 is 14.5. The molecule has 1 amide bonds. The summed E-state index contributed by atoms with van der Waals surface area (Å²) in [4.78, 5) is 36.9. The third-order valence-electron chi connectivity index (χ3n) is 4.96. The van der Waals surface area contributed by atoms with Crippen molar-refractivity contribution in [1.29, 1.82) is 0 Å². The second-order valence-electron chi connectivity index (χ2n) is 7.19. The first-order valence-corrected chi connectivity index (χ1v) is 9.83. The first-order valence-electron chi connectivity index (χ1n) is 9.83. The Morgan fingerprint density at radius 2 is 1.97 bits per heavy atom. The van der Waals surface area contributed by atoms with Crippen molar-refractivity contribution >= 4 is 16.9 Å². The number of rotatable bonds is 7. The number of aromatic hydroxyl groups is 1. The number of amides is 1. The lowest BCUT2D eigenvalue weighted by Gasteiger charge is -2.15. The van der Waals surface area contributed by atoms with Gasteiger partial charge in [-0.2, -0.15) is 0 Å². The monoisotopic (exact) mass is 437 g/mol. The van der Waals surface area contributed by atoms with Crippen LogP contribution in [0.4, 0.5) is 4.39 Å². The van der Waals surface area contributed by atoms with E-state index >= 15 is 0 Å². The lowest BCUT2D eigenvalue weighted by atomic mass is 10.1. The number of nitrogens with zero attached hydrogens (tertiary/aromatic N) is 3. The zero-order chi connectivity index (χ0) is 22.7. The van der Waals surface area contributed by atoms with Gasteiger partial charge in [0, 0.05) is 18.9 Å². The van der Waals surface area contributed by atoms with Gasteiger partial charge >= 0.3 is 0 Å². The summed E-state index contributed by atoms with van der Waals surface area (Å²) in [5.41, 5.74) is 1.45. The number of aromatic nitrogens is 4. The average Bonchev–Trinajstić information content (AvgIpc) is 3.30. The van der Waals surface area contributed by atoms with Gasteiger partial charge in [-0.05, 0) is 35.7 Å². The van der Waals surface area contributed by atoms with E-state index < -0.39 is 22.8 Å². The Kier molecular flexibility index (Phi) is 5.95. The highest BCUT2D eigenvalue weighted by Crippen LogP contribution is 2.26. The van der Waals surface area contributed by atoms with Crippen molar-refractivity contribution in [2.75, 3.05) is 13.2 Å². The second kappa shape index (κ2) is 8.98. The maximum absolute atomic E-state index is 13.2. The minimum absolute atomic E-state index is 0.0670. The van der Waals surface area contributed by atoms with Crippen LogP contribution in [0, 0.1) is 5.82 Å². The van der Waals surface area contributed by atoms with Crippen molar-refractivity contribution in [3.8, 4) is 5.75 Å². The topological polar surface area (TPSA) is 133 Å². The number of aliphatic hydroxyl groups is 1. The standard InChI is InChI=1S/C22H20FN5O4/c23-15-3-1-13(2-4-15)7-14-8-17-19(26-9-14)20(30)18(21(31)25-5-6-29)22(32)28(17)11-16-10-24-12-27-16/h1-4,8-10,12,29-30H,5-7,11H2,(H,24,27)(H,25,31). The Morgan fingerprint density at radius 3 is 2.66 bits per heavy atom. The Hall–Kier alpha value is -4.05. The molecule has 4 N–H and O–H groups in total. The van der Waals surface area contributed by atoms with Crippen molar-refractivity contribution in [3.05, 3.63) is 87.6 Å². The number of aromatic amines is 1. The summed E-state index contributed by atoms with van der Waals surface area (Å²) in [7, 11) is 0. The van der Waals surface area contributed by atoms with Gasteiger partial charge in [0.25, 0.3) is 11.5 Å². The smallest absolute Gasteiger partial charge is 0.268 e. The molecular weight excluding hydrogens is 417 g/mol. The van der Waals surface area contributed by atoms with Crippen LogP contribution in [0.1, 0.15) is 27.2 Å². The summed E-state index contributed by atoms with van der Waals surface area (Å²) in [6.07, 6.45) is 4.98. The quantitative estimate of drug-likeness (QED) is 0.345. The first kappa shape index (κ1) is 21.2. The molecule has 0 saturated carbocycles. The largest absolute Gasteiger partial charge is 0.505 e. The van der Waals surface area contributed by atoms with Crippen molar-refractivity contribution < 1.29 is 19.4 Å². The second-order valence-corrected chi connectivity index (χ2v) is 7.19. The van der Waals surface area contributed by atoms with E-state index in [0.717, 1.165) is 11.1 Å². The van der Waals surface area contributed by atoms with Crippen LogP contribution < -0.4 is 10.9 Å². The number of hydrogen-bond donors (Lipinski definition) is 4. The molecule has 0 aliphatic rings. The van der Waals surface area contributed by atoms with Gasteiger partial charge in [-0.1, -0.05) is 12.1 Å². The molecular formula is C22H20FN5O4. The van der Waals surface area contributed by atoms with Crippen LogP contribution in [0.3, 0.4) is 0 Å². The van der Waals surface area contributed by atoms with Gasteiger partial charge in [0.2, 0.25) is 0 Å². The molecule has 10 heteroatoms. The lowest BCUT2D eigenvalue weighted by Crippen LogP contribution is -2.35. The van der Waals surface area contributed by atoms with Crippen LogP contribution in [0.25, 0.3) is 11.0 Å². The van der Waals surface area contributed by atoms with Crippen LogP contribution in [0.5, 0.6) is 5.75 Å². The molecule has 32 heavy (non-hydrogen) atoms. The number of fused-ring (bicyclic) bond motifs is 1. The first-order chi connectivity index (χ1) is 15.5. The fourth-order valence-corrected chi connectivity index (χ4v) is 3.44. The minimum Gasteiger partial charge on any atom is -0.505 e. The number of aliphatic hydroxyl groups excluding tert-OH is 1. The number of imidazole rings is 1. The van der Waals surface area contributed by atoms with E-state index in [-0.39, 0.29) is 31.0 Å². The predicted molar refractivity (Wildman–Crippen MR) is 114 cm³/mol. The molecule has 4 aromatic rings. The zero-order valence-corrected chi connectivity index (χ0v) is 16.9. The molecule has 3 aromatic heterocycles. The number of benzene rings is 1. The van der Waals surface area contributed by atoms with Crippen LogP contribution in [0.2, 0.25) is 0 Å². The van der Waals surface area contributed by atoms with Crippen LogP contribution >= 0.6 is 0 Å². The number of nitrogens with one attached hydrogen (secondary N) is 2. The highest BCUT2D eigenvalue weighted by atomic mass is 19.1. The van der Waals surface area contributed by atoms with Gasteiger partial charge in [-0.15, -0.1) is 0 Å². The van der Waals surface area contributed by atoms with Crippen LogP contribution in [0.15, 0.2) is 53.8 Å².